The van der Waals surface area contributed by atoms with E-state index in [-0.39, 0.29) is 17.9 Å². The van der Waals surface area contributed by atoms with Crippen molar-refractivity contribution in [2.75, 3.05) is 42.7 Å². The minimum absolute atomic E-state index is 0.0317. The molecule has 0 aromatic heterocycles. The Labute approximate surface area is 198 Å². The van der Waals surface area contributed by atoms with Crippen LogP contribution in [-0.4, -0.2) is 60.6 Å². The molecule has 0 bridgehead atoms. The molecule has 2 N–H and O–H groups in total. The highest BCUT2D eigenvalue weighted by atomic mass is 32.2. The van der Waals surface area contributed by atoms with E-state index < -0.39 is 5.79 Å². The van der Waals surface area contributed by atoms with Gasteiger partial charge in [0.05, 0.1) is 24.6 Å². The molecule has 0 saturated carbocycles. The first-order valence-electron chi connectivity index (χ1n) is 11.4. The molecule has 0 unspecified atom stereocenters. The average Bonchev–Trinajstić information content (AvgIpc) is 3.28. The first kappa shape index (κ1) is 22.3. The predicted octanol–water partition coefficient (Wildman–Crippen LogP) is 3.64. The monoisotopic (exact) mass is 467 g/mol. The fraction of sp³-hybridized carbons (Fsp3) is 0.440. The fourth-order valence-electron chi connectivity index (χ4n) is 4.57. The van der Waals surface area contributed by atoms with Crippen LogP contribution >= 0.6 is 11.8 Å². The van der Waals surface area contributed by atoms with Crippen molar-refractivity contribution < 1.29 is 19.1 Å². The van der Waals surface area contributed by atoms with Crippen molar-refractivity contribution in [3.63, 3.8) is 0 Å². The topological polar surface area (TPSA) is 79.9 Å². The predicted molar refractivity (Wildman–Crippen MR) is 130 cm³/mol. The largest absolute Gasteiger partial charge is 0.371 e. The Morgan fingerprint density at radius 1 is 1.12 bits per heavy atom. The third kappa shape index (κ3) is 4.74. The number of amides is 2. The molecule has 2 aromatic rings. The Morgan fingerprint density at radius 2 is 1.88 bits per heavy atom. The zero-order valence-corrected chi connectivity index (χ0v) is 19.6. The van der Waals surface area contributed by atoms with Gasteiger partial charge in [0, 0.05) is 43.0 Å². The zero-order chi connectivity index (χ0) is 22.8. The normalized spacial score (nSPS) is 21.4. The Morgan fingerprint density at radius 3 is 2.64 bits per heavy atom. The van der Waals surface area contributed by atoms with E-state index in [1.54, 1.807) is 17.8 Å². The Bertz CT molecular complexity index is 1040. The molecule has 2 saturated heterocycles. The van der Waals surface area contributed by atoms with Gasteiger partial charge in [0.2, 0.25) is 5.91 Å². The van der Waals surface area contributed by atoms with Gasteiger partial charge in [-0.2, -0.15) is 11.8 Å². The van der Waals surface area contributed by atoms with Crippen LogP contribution in [0, 0.1) is 6.92 Å². The van der Waals surface area contributed by atoms with Gasteiger partial charge >= 0.3 is 0 Å². The summed E-state index contributed by atoms with van der Waals surface area (Å²) in [6, 6.07) is 13.5. The van der Waals surface area contributed by atoms with Gasteiger partial charge in [-0.15, -0.1) is 0 Å². The molecule has 5 rings (SSSR count). The standard InChI is InChI=1S/C25H29N3O4S/c1-17-4-2-3-5-19(17)15-33-16-22-23(29)27-21-14-18(6-7-20(21)26-22)24(30)28-10-8-25(9-11-28)31-12-13-32-25/h2-7,14,22,26H,8-13,15-16H2,1H3,(H,27,29)/t22-/m0/s1. The summed E-state index contributed by atoms with van der Waals surface area (Å²) in [5, 5.41) is 6.32. The summed E-state index contributed by atoms with van der Waals surface area (Å²) < 4.78 is 11.5. The molecule has 3 aliphatic heterocycles. The van der Waals surface area contributed by atoms with E-state index in [1.165, 1.54) is 11.1 Å². The van der Waals surface area contributed by atoms with Gasteiger partial charge in [0.25, 0.3) is 5.91 Å². The van der Waals surface area contributed by atoms with Gasteiger partial charge in [0.15, 0.2) is 5.79 Å². The van der Waals surface area contributed by atoms with Gasteiger partial charge in [-0.05, 0) is 36.2 Å². The third-order valence-corrected chi connectivity index (χ3v) is 7.68. The van der Waals surface area contributed by atoms with E-state index in [9.17, 15) is 9.59 Å². The second-order valence-corrected chi connectivity index (χ2v) is 9.82. The molecule has 33 heavy (non-hydrogen) atoms. The van der Waals surface area contributed by atoms with Crippen LogP contribution in [0.1, 0.15) is 34.3 Å². The van der Waals surface area contributed by atoms with Crippen LogP contribution in [0.25, 0.3) is 0 Å². The van der Waals surface area contributed by atoms with Crippen LogP contribution in [0.2, 0.25) is 0 Å². The Balaban J connectivity index is 1.18. The van der Waals surface area contributed by atoms with E-state index in [1.807, 2.05) is 29.2 Å². The lowest BCUT2D eigenvalue weighted by Crippen LogP contribution is -2.47. The van der Waals surface area contributed by atoms with Crippen molar-refractivity contribution in [2.45, 2.75) is 37.3 Å². The highest BCUT2D eigenvalue weighted by molar-refractivity contribution is 7.98. The first-order chi connectivity index (χ1) is 16.0. The maximum atomic E-state index is 13.0. The van der Waals surface area contributed by atoms with Crippen molar-refractivity contribution in [1.29, 1.82) is 0 Å². The van der Waals surface area contributed by atoms with E-state index in [0.717, 1.165) is 11.4 Å². The number of carbonyl (C=O) groups is 2. The first-order valence-corrected chi connectivity index (χ1v) is 12.6. The number of fused-ring (bicyclic) bond motifs is 1. The van der Waals surface area contributed by atoms with Crippen molar-refractivity contribution in [2.24, 2.45) is 0 Å². The average molecular weight is 468 g/mol. The molecule has 3 heterocycles. The zero-order valence-electron chi connectivity index (χ0n) is 18.8. The van der Waals surface area contributed by atoms with Gasteiger partial charge in [-0.3, -0.25) is 9.59 Å². The molecular formula is C25H29N3O4S. The molecule has 2 amide bonds. The third-order valence-electron chi connectivity index (χ3n) is 6.60. The fourth-order valence-corrected chi connectivity index (χ4v) is 5.71. The quantitative estimate of drug-likeness (QED) is 0.699. The minimum Gasteiger partial charge on any atom is -0.371 e. The number of nitrogens with zero attached hydrogens (tertiary/aromatic N) is 1. The van der Waals surface area contributed by atoms with Gasteiger partial charge in [-0.25, -0.2) is 0 Å². The summed E-state index contributed by atoms with van der Waals surface area (Å²) in [6.07, 6.45) is 1.37. The summed E-state index contributed by atoms with van der Waals surface area (Å²) in [6.45, 7) is 4.55. The number of likely N-dealkylation sites (tertiary alicyclic amines) is 1. The number of hydrogen-bond acceptors (Lipinski definition) is 6. The second kappa shape index (κ2) is 9.37. The molecule has 8 heteroatoms. The molecule has 2 fully saturated rings. The van der Waals surface area contributed by atoms with Crippen LogP contribution in [0.4, 0.5) is 11.4 Å². The van der Waals surface area contributed by atoms with Crippen molar-refractivity contribution >= 4 is 35.0 Å². The summed E-state index contributed by atoms with van der Waals surface area (Å²) in [5.41, 5.74) is 4.63. The second-order valence-electron chi connectivity index (χ2n) is 8.79. The van der Waals surface area contributed by atoms with E-state index in [4.69, 9.17) is 9.47 Å². The molecule has 7 nitrogen and oxygen atoms in total. The maximum Gasteiger partial charge on any atom is 0.253 e. The number of piperidine rings is 1. The highest BCUT2D eigenvalue weighted by Gasteiger charge is 2.41. The summed E-state index contributed by atoms with van der Waals surface area (Å²) in [7, 11) is 0. The lowest BCUT2D eigenvalue weighted by molar-refractivity contribution is -0.181. The molecule has 0 aliphatic carbocycles. The molecule has 1 atom stereocenters. The molecule has 2 aromatic carbocycles. The highest BCUT2D eigenvalue weighted by Crippen LogP contribution is 2.33. The van der Waals surface area contributed by atoms with E-state index in [2.05, 4.69) is 29.7 Å². The molecule has 1 spiro atoms. The van der Waals surface area contributed by atoms with Gasteiger partial charge in [0.1, 0.15) is 6.04 Å². The SMILES string of the molecule is Cc1ccccc1CSC[C@@H]1Nc2ccc(C(=O)N3CCC4(CC3)OCCO4)cc2NC1=O. The molecule has 0 radical (unpaired) electrons. The van der Waals surface area contributed by atoms with E-state index in [0.29, 0.717) is 56.1 Å². The van der Waals surface area contributed by atoms with Crippen molar-refractivity contribution in [1.82, 2.24) is 4.90 Å². The van der Waals surface area contributed by atoms with Crippen LogP contribution < -0.4 is 10.6 Å². The Kier molecular flexibility index (Phi) is 6.32. The van der Waals surface area contributed by atoms with Crippen molar-refractivity contribution in [3.05, 3.63) is 59.2 Å². The molecular weight excluding hydrogens is 438 g/mol. The van der Waals surface area contributed by atoms with Crippen LogP contribution in [0.3, 0.4) is 0 Å². The summed E-state index contributed by atoms with van der Waals surface area (Å²) in [5.74, 6) is 0.929. The lowest BCUT2D eigenvalue weighted by atomic mass is 10.0. The van der Waals surface area contributed by atoms with E-state index >= 15 is 0 Å². The summed E-state index contributed by atoms with van der Waals surface area (Å²) in [4.78, 5) is 27.6. The maximum absolute atomic E-state index is 13.0. The minimum atomic E-state index is -0.503. The smallest absolute Gasteiger partial charge is 0.253 e. The van der Waals surface area contributed by atoms with Crippen LogP contribution in [-0.2, 0) is 20.0 Å². The number of carbonyl (C=O) groups excluding carboxylic acids is 2. The van der Waals surface area contributed by atoms with Gasteiger partial charge in [-0.1, -0.05) is 24.3 Å². The number of ether oxygens (including phenoxy) is 2. The number of benzene rings is 2. The number of thioether (sulfide) groups is 1. The van der Waals surface area contributed by atoms with Crippen molar-refractivity contribution in [3.8, 4) is 0 Å². The summed E-state index contributed by atoms with van der Waals surface area (Å²) >= 11 is 1.74. The number of aryl methyl sites for hydroxylation is 1. The Hall–Kier alpha value is -2.55. The van der Waals surface area contributed by atoms with Crippen LogP contribution in [0.15, 0.2) is 42.5 Å². The number of hydrogen-bond donors (Lipinski definition) is 2. The number of anilines is 2. The van der Waals surface area contributed by atoms with Gasteiger partial charge < -0.3 is 25.0 Å². The lowest BCUT2D eigenvalue weighted by Gasteiger charge is -2.37. The molecule has 174 valence electrons. The van der Waals surface area contributed by atoms with Crippen LogP contribution in [0.5, 0.6) is 0 Å². The number of nitrogens with one attached hydrogen (secondary N) is 2. The molecule has 3 aliphatic rings. The number of rotatable bonds is 5.